The molecule has 7 nitrogen and oxygen atoms in total. The molecule has 1 aliphatic rings. The molecule has 1 aromatic rings. The Morgan fingerprint density at radius 1 is 1.42 bits per heavy atom. The molecule has 0 unspecified atom stereocenters. The van der Waals surface area contributed by atoms with Gasteiger partial charge in [-0.15, -0.1) is 0 Å². The van der Waals surface area contributed by atoms with E-state index in [9.17, 15) is 4.79 Å². The number of piperidine rings is 1. The number of amides is 1. The zero-order chi connectivity index (χ0) is 17.7. The zero-order valence-corrected chi connectivity index (χ0v) is 15.5. The van der Waals surface area contributed by atoms with Crippen LogP contribution in [0, 0.1) is 5.92 Å². The Labute approximate surface area is 144 Å². The lowest BCUT2D eigenvalue weighted by Crippen LogP contribution is -2.45. The van der Waals surface area contributed by atoms with E-state index in [0.29, 0.717) is 18.4 Å². The van der Waals surface area contributed by atoms with Crippen LogP contribution in [0.2, 0.25) is 0 Å². The largest absolute Gasteiger partial charge is 0.444 e. The van der Waals surface area contributed by atoms with E-state index in [1.165, 1.54) is 0 Å². The van der Waals surface area contributed by atoms with Crippen molar-refractivity contribution >= 4 is 6.09 Å². The summed E-state index contributed by atoms with van der Waals surface area (Å²) in [7, 11) is 0. The van der Waals surface area contributed by atoms with Gasteiger partial charge in [-0.1, -0.05) is 12.1 Å². The van der Waals surface area contributed by atoms with Crippen LogP contribution in [-0.2, 0) is 17.7 Å². The fraction of sp³-hybridized carbons (Fsp3) is 0.824. The van der Waals surface area contributed by atoms with E-state index in [4.69, 9.17) is 9.26 Å². The van der Waals surface area contributed by atoms with E-state index in [1.54, 1.807) is 0 Å². The molecule has 0 aromatic carbocycles. The molecule has 0 bridgehead atoms. The van der Waals surface area contributed by atoms with Gasteiger partial charge in [-0.3, -0.25) is 4.90 Å². The summed E-state index contributed by atoms with van der Waals surface area (Å²) in [5.74, 6) is 1.91. The van der Waals surface area contributed by atoms with Crippen LogP contribution in [0.15, 0.2) is 4.52 Å². The van der Waals surface area contributed by atoms with Crippen molar-refractivity contribution in [2.24, 2.45) is 5.92 Å². The molecule has 1 atom stereocenters. The first kappa shape index (κ1) is 18.7. The van der Waals surface area contributed by atoms with Gasteiger partial charge >= 0.3 is 6.09 Å². The van der Waals surface area contributed by atoms with Crippen LogP contribution < -0.4 is 5.32 Å². The second-order valence-corrected chi connectivity index (χ2v) is 7.51. The normalized spacial score (nSPS) is 18.4. The smallest absolute Gasteiger partial charge is 0.407 e. The van der Waals surface area contributed by atoms with E-state index in [1.807, 2.05) is 27.7 Å². The predicted molar refractivity (Wildman–Crippen MR) is 90.5 cm³/mol. The quantitative estimate of drug-likeness (QED) is 0.889. The van der Waals surface area contributed by atoms with Gasteiger partial charge in [-0.2, -0.15) is 4.98 Å². The molecular weight excluding hydrogens is 308 g/mol. The van der Waals surface area contributed by atoms with Crippen molar-refractivity contribution in [2.45, 2.75) is 72.1 Å². The minimum atomic E-state index is -0.464. The molecule has 1 amide bonds. The summed E-state index contributed by atoms with van der Waals surface area (Å²) in [6.07, 6.45) is 2.52. The maximum Gasteiger partial charge on any atom is 0.407 e. The minimum Gasteiger partial charge on any atom is -0.444 e. The lowest BCUT2D eigenvalue weighted by Gasteiger charge is -2.34. The number of rotatable bonds is 5. The van der Waals surface area contributed by atoms with Crippen molar-refractivity contribution in [1.82, 2.24) is 20.4 Å². The number of alkyl carbamates (subject to hydrolysis) is 1. The summed E-state index contributed by atoms with van der Waals surface area (Å²) in [5, 5.41) is 6.89. The number of aryl methyl sites for hydroxylation is 1. The standard InChI is InChI=1S/C17H30N4O3/c1-6-14-19-15(24-20-14)11-21-9-7-13(8-10-21)12(2)18-16(22)23-17(3,4)5/h12-13H,6-11H2,1-5H3,(H,18,22)/t12-/m1/s1. The highest BCUT2D eigenvalue weighted by Crippen LogP contribution is 2.22. The van der Waals surface area contributed by atoms with E-state index in [-0.39, 0.29) is 12.1 Å². The van der Waals surface area contributed by atoms with Crippen LogP contribution in [-0.4, -0.2) is 45.9 Å². The number of hydrogen-bond acceptors (Lipinski definition) is 6. The zero-order valence-electron chi connectivity index (χ0n) is 15.5. The number of carbonyl (C=O) groups is 1. The van der Waals surface area contributed by atoms with Crippen LogP contribution >= 0.6 is 0 Å². The molecule has 1 N–H and O–H groups in total. The second-order valence-electron chi connectivity index (χ2n) is 7.51. The molecule has 1 aliphatic heterocycles. The average molecular weight is 338 g/mol. The molecule has 1 aromatic heterocycles. The molecule has 1 saturated heterocycles. The summed E-state index contributed by atoms with van der Waals surface area (Å²) < 4.78 is 10.6. The third-order valence-electron chi connectivity index (χ3n) is 4.27. The van der Waals surface area contributed by atoms with Crippen molar-refractivity contribution in [3.63, 3.8) is 0 Å². The highest BCUT2D eigenvalue weighted by atomic mass is 16.6. The van der Waals surface area contributed by atoms with Gasteiger partial charge < -0.3 is 14.6 Å². The lowest BCUT2D eigenvalue weighted by molar-refractivity contribution is 0.0471. The van der Waals surface area contributed by atoms with Crippen LogP contribution in [0.4, 0.5) is 4.79 Å². The van der Waals surface area contributed by atoms with E-state index >= 15 is 0 Å². The van der Waals surface area contributed by atoms with Crippen LogP contribution in [0.25, 0.3) is 0 Å². The second kappa shape index (κ2) is 7.96. The highest BCUT2D eigenvalue weighted by molar-refractivity contribution is 5.68. The van der Waals surface area contributed by atoms with Crippen molar-refractivity contribution < 1.29 is 14.1 Å². The Morgan fingerprint density at radius 3 is 2.62 bits per heavy atom. The minimum absolute atomic E-state index is 0.108. The fourth-order valence-electron chi connectivity index (χ4n) is 2.91. The molecule has 2 heterocycles. The maximum atomic E-state index is 11.9. The molecule has 0 saturated carbocycles. The molecule has 7 heteroatoms. The molecular formula is C17H30N4O3. The number of aromatic nitrogens is 2. The third-order valence-corrected chi connectivity index (χ3v) is 4.27. The summed E-state index contributed by atoms with van der Waals surface area (Å²) >= 11 is 0. The Balaban J connectivity index is 1.74. The van der Waals surface area contributed by atoms with Gasteiger partial charge in [0.05, 0.1) is 6.54 Å². The van der Waals surface area contributed by atoms with Gasteiger partial charge in [0.25, 0.3) is 0 Å². The molecule has 0 radical (unpaired) electrons. The van der Waals surface area contributed by atoms with Crippen molar-refractivity contribution in [2.75, 3.05) is 13.1 Å². The summed E-state index contributed by atoms with van der Waals surface area (Å²) in [5.41, 5.74) is -0.464. The van der Waals surface area contributed by atoms with E-state index in [2.05, 4.69) is 27.3 Å². The van der Waals surface area contributed by atoms with Crippen molar-refractivity contribution in [1.29, 1.82) is 0 Å². The van der Waals surface area contributed by atoms with E-state index in [0.717, 1.165) is 38.2 Å². The number of ether oxygens (including phenoxy) is 1. The van der Waals surface area contributed by atoms with Gasteiger partial charge in [-0.25, -0.2) is 4.79 Å². The average Bonchev–Trinajstić information content (AvgIpc) is 2.93. The third kappa shape index (κ3) is 5.78. The Morgan fingerprint density at radius 2 is 2.08 bits per heavy atom. The number of nitrogens with one attached hydrogen (secondary N) is 1. The number of nitrogens with zero attached hydrogens (tertiary/aromatic N) is 3. The van der Waals surface area contributed by atoms with Crippen LogP contribution in [0.1, 0.15) is 59.2 Å². The SMILES string of the molecule is CCc1noc(CN2CCC([C@@H](C)NC(=O)OC(C)(C)C)CC2)n1. The summed E-state index contributed by atoms with van der Waals surface area (Å²) in [6.45, 7) is 12.3. The topological polar surface area (TPSA) is 80.5 Å². The van der Waals surface area contributed by atoms with Gasteiger partial charge in [0.2, 0.25) is 5.89 Å². The highest BCUT2D eigenvalue weighted by Gasteiger charge is 2.27. The molecule has 2 rings (SSSR count). The van der Waals surface area contributed by atoms with Crippen molar-refractivity contribution in [3.8, 4) is 0 Å². The maximum absolute atomic E-state index is 11.9. The van der Waals surface area contributed by atoms with Crippen LogP contribution in [0.3, 0.4) is 0 Å². The molecule has 0 aliphatic carbocycles. The Kier molecular flexibility index (Phi) is 6.21. The molecule has 0 spiro atoms. The van der Waals surface area contributed by atoms with Gasteiger partial charge in [0.1, 0.15) is 5.60 Å². The molecule has 24 heavy (non-hydrogen) atoms. The van der Waals surface area contributed by atoms with Crippen molar-refractivity contribution in [3.05, 3.63) is 11.7 Å². The number of carbonyl (C=O) groups excluding carboxylic acids is 1. The molecule has 1 fully saturated rings. The monoisotopic (exact) mass is 338 g/mol. The Bertz CT molecular complexity index is 530. The number of hydrogen-bond donors (Lipinski definition) is 1. The fourth-order valence-corrected chi connectivity index (χ4v) is 2.91. The van der Waals surface area contributed by atoms with Crippen LogP contribution in [0.5, 0.6) is 0 Å². The Hall–Kier alpha value is -1.63. The number of likely N-dealkylation sites (tertiary alicyclic amines) is 1. The lowest BCUT2D eigenvalue weighted by atomic mass is 9.90. The summed E-state index contributed by atoms with van der Waals surface area (Å²) in [4.78, 5) is 18.6. The van der Waals surface area contributed by atoms with Gasteiger partial charge in [0, 0.05) is 12.5 Å². The van der Waals surface area contributed by atoms with Gasteiger partial charge in [-0.05, 0) is 59.5 Å². The first-order valence-corrected chi connectivity index (χ1v) is 8.80. The first-order chi connectivity index (χ1) is 11.3. The molecule has 136 valence electrons. The summed E-state index contributed by atoms with van der Waals surface area (Å²) in [6, 6.07) is 0.108. The van der Waals surface area contributed by atoms with Gasteiger partial charge in [0.15, 0.2) is 5.82 Å². The van der Waals surface area contributed by atoms with E-state index < -0.39 is 5.60 Å². The predicted octanol–water partition coefficient (Wildman–Crippen LogP) is 2.76. The first-order valence-electron chi connectivity index (χ1n) is 8.80.